The summed E-state index contributed by atoms with van der Waals surface area (Å²) in [7, 11) is 1.73. The summed E-state index contributed by atoms with van der Waals surface area (Å²) in [4.78, 5) is 13.2. The number of hydrogen-bond acceptors (Lipinski definition) is 6. The van der Waals surface area contributed by atoms with Crippen molar-refractivity contribution in [1.82, 2.24) is 9.80 Å². The van der Waals surface area contributed by atoms with E-state index < -0.39 is 5.82 Å². The Hall–Kier alpha value is -2.05. The van der Waals surface area contributed by atoms with Gasteiger partial charge in [0.15, 0.2) is 0 Å². The molecule has 0 saturated carbocycles. The second-order valence-corrected chi connectivity index (χ2v) is 6.56. The molecule has 1 aromatic rings. The minimum Gasteiger partial charge on any atom is -0.483 e. The number of piperidine rings is 1. The van der Waals surface area contributed by atoms with Crippen molar-refractivity contribution in [1.29, 1.82) is 5.26 Å². The molecule has 0 unspecified atom stereocenters. The van der Waals surface area contributed by atoms with Gasteiger partial charge in [0.05, 0.1) is 24.9 Å². The van der Waals surface area contributed by atoms with Crippen molar-refractivity contribution in [3.63, 3.8) is 0 Å². The van der Waals surface area contributed by atoms with E-state index in [1.165, 1.54) is 6.07 Å². The lowest BCUT2D eigenvalue weighted by Gasteiger charge is -2.47. The number of fused-ring (bicyclic) bond motifs is 1. The van der Waals surface area contributed by atoms with Crippen molar-refractivity contribution in [2.45, 2.75) is 25.1 Å². The van der Waals surface area contributed by atoms with Gasteiger partial charge in [0.25, 0.3) is 6.47 Å². The molecule has 1 aromatic carbocycles. The number of hydrogen-bond donors (Lipinski definition) is 1. The van der Waals surface area contributed by atoms with Gasteiger partial charge < -0.3 is 14.6 Å². The Balaban J connectivity index is 0.000000817. The summed E-state index contributed by atoms with van der Waals surface area (Å²) in [5, 5.41) is 15.9. The third-order valence-electron chi connectivity index (χ3n) is 4.92. The Morgan fingerprint density at radius 3 is 2.96 bits per heavy atom. The zero-order chi connectivity index (χ0) is 19.6. The van der Waals surface area contributed by atoms with Gasteiger partial charge >= 0.3 is 0 Å². The largest absolute Gasteiger partial charge is 0.483 e. The Morgan fingerprint density at radius 2 is 2.26 bits per heavy atom. The molecular formula is C19H26FN3O4. The SMILES string of the molecule is COCCN1CCO[C@H]2CCN(Cc3ccc(F)c(C#N)c3)C[C@@H]21.O=CO. The van der Waals surface area contributed by atoms with Crippen molar-refractivity contribution in [2.75, 3.05) is 46.5 Å². The summed E-state index contributed by atoms with van der Waals surface area (Å²) in [5.41, 5.74) is 1.09. The second kappa shape index (κ2) is 10.9. The van der Waals surface area contributed by atoms with Crippen LogP contribution in [0.25, 0.3) is 0 Å². The summed E-state index contributed by atoms with van der Waals surface area (Å²) < 4.78 is 24.6. The Kier molecular flexibility index (Phi) is 8.61. The second-order valence-electron chi connectivity index (χ2n) is 6.56. The highest BCUT2D eigenvalue weighted by Crippen LogP contribution is 2.24. The molecule has 0 aromatic heterocycles. The Morgan fingerprint density at radius 1 is 1.48 bits per heavy atom. The summed E-state index contributed by atoms with van der Waals surface area (Å²) >= 11 is 0. The molecule has 2 fully saturated rings. The van der Waals surface area contributed by atoms with Gasteiger partial charge in [0, 0.05) is 45.9 Å². The fraction of sp³-hybridized carbons (Fsp3) is 0.579. The number of likely N-dealkylation sites (tertiary alicyclic amines) is 1. The lowest BCUT2D eigenvalue weighted by Crippen LogP contribution is -2.60. The normalized spacial score (nSPS) is 22.9. The van der Waals surface area contributed by atoms with Gasteiger partial charge in [0.2, 0.25) is 0 Å². The van der Waals surface area contributed by atoms with Crippen LogP contribution in [0.4, 0.5) is 4.39 Å². The Labute approximate surface area is 158 Å². The number of methoxy groups -OCH3 is 1. The minimum absolute atomic E-state index is 0.116. The van der Waals surface area contributed by atoms with Crippen LogP contribution in [-0.2, 0) is 20.8 Å². The zero-order valence-electron chi connectivity index (χ0n) is 15.5. The van der Waals surface area contributed by atoms with E-state index in [4.69, 9.17) is 24.6 Å². The van der Waals surface area contributed by atoms with Crippen molar-refractivity contribution in [3.05, 3.63) is 35.1 Å². The molecule has 148 valence electrons. The first-order valence-electron chi connectivity index (χ1n) is 8.96. The number of nitrogens with zero attached hydrogens (tertiary/aromatic N) is 3. The molecule has 0 amide bonds. The van der Waals surface area contributed by atoms with Crippen molar-refractivity contribution < 1.29 is 23.8 Å². The first-order chi connectivity index (χ1) is 13.1. The van der Waals surface area contributed by atoms with Crippen LogP contribution in [-0.4, -0.2) is 80.0 Å². The van der Waals surface area contributed by atoms with Gasteiger partial charge in [-0.15, -0.1) is 0 Å². The molecule has 0 radical (unpaired) electrons. The minimum atomic E-state index is -0.452. The average molecular weight is 379 g/mol. The summed E-state index contributed by atoms with van der Waals surface area (Å²) in [6.45, 7) is 5.74. The average Bonchev–Trinajstić information content (AvgIpc) is 2.68. The molecule has 0 bridgehead atoms. The van der Waals surface area contributed by atoms with Crippen LogP contribution in [0.3, 0.4) is 0 Å². The van der Waals surface area contributed by atoms with E-state index in [1.807, 2.05) is 6.07 Å². The molecule has 8 heteroatoms. The first-order valence-corrected chi connectivity index (χ1v) is 8.96. The maximum Gasteiger partial charge on any atom is 0.290 e. The molecule has 2 atom stereocenters. The van der Waals surface area contributed by atoms with E-state index in [2.05, 4.69) is 9.80 Å². The third-order valence-corrected chi connectivity index (χ3v) is 4.92. The van der Waals surface area contributed by atoms with Crippen molar-refractivity contribution in [3.8, 4) is 6.07 Å². The summed E-state index contributed by atoms with van der Waals surface area (Å²) in [5.74, 6) is -0.452. The number of halogens is 1. The first kappa shape index (κ1) is 21.3. The highest BCUT2D eigenvalue weighted by molar-refractivity contribution is 5.34. The van der Waals surface area contributed by atoms with Crippen LogP contribution >= 0.6 is 0 Å². The van der Waals surface area contributed by atoms with Crippen LogP contribution in [0, 0.1) is 17.1 Å². The number of rotatable bonds is 5. The smallest absolute Gasteiger partial charge is 0.290 e. The van der Waals surface area contributed by atoms with Gasteiger partial charge in [-0.1, -0.05) is 6.07 Å². The lowest BCUT2D eigenvalue weighted by atomic mass is 9.98. The van der Waals surface area contributed by atoms with E-state index in [-0.39, 0.29) is 18.1 Å². The van der Waals surface area contributed by atoms with Gasteiger partial charge in [-0.3, -0.25) is 14.6 Å². The van der Waals surface area contributed by atoms with E-state index in [1.54, 1.807) is 19.2 Å². The maximum absolute atomic E-state index is 13.5. The highest BCUT2D eigenvalue weighted by atomic mass is 19.1. The van der Waals surface area contributed by atoms with Gasteiger partial charge in [0.1, 0.15) is 11.9 Å². The van der Waals surface area contributed by atoms with Crippen LogP contribution in [0.5, 0.6) is 0 Å². The molecular weight excluding hydrogens is 353 g/mol. The summed E-state index contributed by atoms with van der Waals surface area (Å²) in [6, 6.07) is 7.09. The van der Waals surface area contributed by atoms with Crippen molar-refractivity contribution >= 4 is 6.47 Å². The number of carboxylic acid groups (broad SMARTS) is 1. The fourth-order valence-corrected chi connectivity index (χ4v) is 3.65. The molecule has 2 saturated heterocycles. The molecule has 2 aliphatic rings. The predicted octanol–water partition coefficient (Wildman–Crippen LogP) is 1.32. The topological polar surface area (TPSA) is 86.0 Å². The molecule has 2 heterocycles. The molecule has 0 spiro atoms. The number of nitriles is 1. The number of morpholine rings is 1. The number of benzene rings is 1. The molecule has 27 heavy (non-hydrogen) atoms. The van der Waals surface area contributed by atoms with Crippen LogP contribution < -0.4 is 0 Å². The van der Waals surface area contributed by atoms with Gasteiger partial charge in [-0.2, -0.15) is 5.26 Å². The van der Waals surface area contributed by atoms with Gasteiger partial charge in [-0.05, 0) is 24.1 Å². The Bertz CT molecular complexity index is 652. The van der Waals surface area contributed by atoms with E-state index in [0.717, 1.165) is 57.9 Å². The zero-order valence-corrected chi connectivity index (χ0v) is 15.5. The van der Waals surface area contributed by atoms with E-state index in [0.29, 0.717) is 6.04 Å². The van der Waals surface area contributed by atoms with E-state index >= 15 is 0 Å². The van der Waals surface area contributed by atoms with Crippen LogP contribution in [0.2, 0.25) is 0 Å². The van der Waals surface area contributed by atoms with E-state index in [9.17, 15) is 4.39 Å². The fourth-order valence-electron chi connectivity index (χ4n) is 3.65. The standard InChI is InChI=1S/C18H24FN3O2.CH2O2/c1-23-8-6-22-7-9-24-18-4-5-21(13-17(18)22)12-14-2-3-16(19)15(10-14)11-20;2-1-3/h2-3,10,17-18H,4-9,12-13H2,1H3;1H,(H,2,3)/t17-,18-;/m0./s1. The molecule has 0 aliphatic carbocycles. The molecule has 2 aliphatic heterocycles. The number of ether oxygens (including phenoxy) is 2. The lowest BCUT2D eigenvalue weighted by molar-refractivity contribution is -0.122. The van der Waals surface area contributed by atoms with Crippen LogP contribution in [0.15, 0.2) is 18.2 Å². The van der Waals surface area contributed by atoms with Crippen LogP contribution in [0.1, 0.15) is 17.5 Å². The monoisotopic (exact) mass is 379 g/mol. The van der Waals surface area contributed by atoms with Gasteiger partial charge in [-0.25, -0.2) is 4.39 Å². The maximum atomic E-state index is 13.5. The quantitative estimate of drug-likeness (QED) is 0.772. The summed E-state index contributed by atoms with van der Waals surface area (Å²) in [6.07, 6.45) is 1.29. The highest BCUT2D eigenvalue weighted by Gasteiger charge is 2.36. The third kappa shape index (κ3) is 5.97. The molecule has 1 N–H and O–H groups in total. The molecule has 3 rings (SSSR count). The predicted molar refractivity (Wildman–Crippen MR) is 96.7 cm³/mol. The molecule has 7 nitrogen and oxygen atoms in total. The van der Waals surface area contributed by atoms with Crippen molar-refractivity contribution in [2.24, 2.45) is 0 Å². The number of carbonyl (C=O) groups is 1.